The van der Waals surface area contributed by atoms with Crippen molar-refractivity contribution in [2.75, 3.05) is 0 Å². The lowest BCUT2D eigenvalue weighted by Gasteiger charge is -2.05. The summed E-state index contributed by atoms with van der Waals surface area (Å²) in [5.41, 5.74) is 4.41. The molecule has 19 heavy (non-hydrogen) atoms. The second kappa shape index (κ2) is 4.94. The van der Waals surface area contributed by atoms with Gasteiger partial charge in [-0.1, -0.05) is 6.07 Å². The molecule has 0 atom stereocenters. The van der Waals surface area contributed by atoms with Crippen molar-refractivity contribution in [2.45, 2.75) is 26.3 Å². The molecule has 2 heterocycles. The lowest BCUT2D eigenvalue weighted by Crippen LogP contribution is -2.04. The van der Waals surface area contributed by atoms with Gasteiger partial charge in [0.2, 0.25) is 0 Å². The van der Waals surface area contributed by atoms with E-state index in [1.807, 2.05) is 13.0 Å². The number of aryl methyl sites for hydroxylation is 2. The van der Waals surface area contributed by atoms with E-state index in [-0.39, 0.29) is 0 Å². The molecule has 0 radical (unpaired) electrons. The first-order valence-corrected chi connectivity index (χ1v) is 7.51. The van der Waals surface area contributed by atoms with Crippen molar-refractivity contribution in [1.82, 2.24) is 14.5 Å². The van der Waals surface area contributed by atoms with Gasteiger partial charge in [0.05, 0.1) is 34.2 Å². The second-order valence-corrected chi connectivity index (χ2v) is 5.93. The van der Waals surface area contributed by atoms with Crippen molar-refractivity contribution in [3.63, 3.8) is 0 Å². The molecule has 0 bridgehead atoms. The molecular weight excluding hydrogens is 278 g/mol. The van der Waals surface area contributed by atoms with Crippen LogP contribution in [0.4, 0.5) is 0 Å². The minimum atomic E-state index is 0.414. The Morgan fingerprint density at radius 2 is 2.11 bits per heavy atom. The van der Waals surface area contributed by atoms with E-state index < -0.39 is 0 Å². The van der Waals surface area contributed by atoms with E-state index in [0.29, 0.717) is 5.88 Å². The fraction of sp³-hybridized carbons (Fsp3) is 0.286. The normalized spacial score (nSPS) is 11.3. The molecule has 0 spiro atoms. The van der Waals surface area contributed by atoms with Gasteiger partial charge in [-0.05, 0) is 31.5 Å². The van der Waals surface area contributed by atoms with Crippen LogP contribution in [0.15, 0.2) is 23.6 Å². The number of halogens is 1. The highest BCUT2D eigenvalue weighted by Gasteiger charge is 2.11. The third-order valence-corrected chi connectivity index (χ3v) is 4.15. The van der Waals surface area contributed by atoms with Crippen molar-refractivity contribution in [2.24, 2.45) is 0 Å². The van der Waals surface area contributed by atoms with Gasteiger partial charge in [-0.25, -0.2) is 9.97 Å². The fourth-order valence-corrected chi connectivity index (χ4v) is 3.01. The Hall–Kier alpha value is -1.39. The molecule has 2 aromatic heterocycles. The SMILES string of the molecule is Cc1ccc2nc(CCl)n(Cc3csc(C)n3)c2c1. The summed E-state index contributed by atoms with van der Waals surface area (Å²) in [5, 5.41) is 3.18. The quantitative estimate of drug-likeness (QED) is 0.685. The van der Waals surface area contributed by atoms with E-state index in [1.165, 1.54) is 5.56 Å². The third kappa shape index (κ3) is 2.38. The number of alkyl halides is 1. The highest BCUT2D eigenvalue weighted by Crippen LogP contribution is 2.21. The van der Waals surface area contributed by atoms with E-state index in [4.69, 9.17) is 11.6 Å². The van der Waals surface area contributed by atoms with E-state index in [2.05, 4.69) is 39.0 Å². The summed E-state index contributed by atoms with van der Waals surface area (Å²) in [6, 6.07) is 6.27. The number of fused-ring (bicyclic) bond motifs is 1. The van der Waals surface area contributed by atoms with Crippen molar-refractivity contribution >= 4 is 34.0 Å². The first-order chi connectivity index (χ1) is 9.17. The first kappa shape index (κ1) is 12.6. The van der Waals surface area contributed by atoms with Crippen molar-refractivity contribution in [3.8, 4) is 0 Å². The van der Waals surface area contributed by atoms with Crippen LogP contribution in [-0.2, 0) is 12.4 Å². The number of hydrogen-bond donors (Lipinski definition) is 0. The number of hydrogen-bond acceptors (Lipinski definition) is 3. The highest BCUT2D eigenvalue weighted by molar-refractivity contribution is 7.09. The maximum Gasteiger partial charge on any atom is 0.125 e. The van der Waals surface area contributed by atoms with Crippen LogP contribution in [-0.4, -0.2) is 14.5 Å². The van der Waals surface area contributed by atoms with E-state index in [0.717, 1.165) is 34.1 Å². The van der Waals surface area contributed by atoms with Gasteiger partial charge in [-0.3, -0.25) is 0 Å². The third-order valence-electron chi connectivity index (χ3n) is 3.09. The summed E-state index contributed by atoms with van der Waals surface area (Å²) >= 11 is 7.68. The molecule has 1 aromatic carbocycles. The highest BCUT2D eigenvalue weighted by atomic mass is 35.5. The van der Waals surface area contributed by atoms with E-state index in [1.54, 1.807) is 11.3 Å². The Morgan fingerprint density at radius 1 is 1.26 bits per heavy atom. The molecule has 5 heteroatoms. The van der Waals surface area contributed by atoms with Crippen molar-refractivity contribution < 1.29 is 0 Å². The fourth-order valence-electron chi connectivity index (χ4n) is 2.20. The predicted octanol–water partition coefficient (Wildman–Crippen LogP) is 3.90. The van der Waals surface area contributed by atoms with Gasteiger partial charge in [-0.15, -0.1) is 22.9 Å². The molecule has 0 N–H and O–H groups in total. The molecule has 0 saturated carbocycles. The Morgan fingerprint density at radius 3 is 2.79 bits per heavy atom. The maximum absolute atomic E-state index is 6.01. The monoisotopic (exact) mass is 291 g/mol. The predicted molar refractivity (Wildman–Crippen MR) is 80.0 cm³/mol. The molecule has 0 aliphatic heterocycles. The van der Waals surface area contributed by atoms with Crippen LogP contribution in [0.1, 0.15) is 22.1 Å². The average Bonchev–Trinajstić information content (AvgIpc) is 2.94. The van der Waals surface area contributed by atoms with Crippen molar-refractivity contribution in [1.29, 1.82) is 0 Å². The van der Waals surface area contributed by atoms with Crippen molar-refractivity contribution in [3.05, 3.63) is 45.7 Å². The standard InChI is InChI=1S/C14H14ClN3S/c1-9-3-4-12-13(5-9)18(14(6-15)17-12)7-11-8-19-10(2)16-11/h3-5,8H,6-7H2,1-2H3. The molecule has 0 unspecified atom stereocenters. The Labute approximate surface area is 120 Å². The molecule has 0 amide bonds. The average molecular weight is 292 g/mol. The smallest absolute Gasteiger partial charge is 0.125 e. The molecule has 0 aliphatic carbocycles. The lowest BCUT2D eigenvalue weighted by molar-refractivity contribution is 0.761. The molecular formula is C14H14ClN3S. The Balaban J connectivity index is 2.12. The first-order valence-electron chi connectivity index (χ1n) is 6.10. The van der Waals surface area contributed by atoms with Crippen LogP contribution in [0.2, 0.25) is 0 Å². The number of rotatable bonds is 3. The van der Waals surface area contributed by atoms with E-state index in [9.17, 15) is 0 Å². The van der Waals surface area contributed by atoms with Gasteiger partial charge in [0.15, 0.2) is 0 Å². The topological polar surface area (TPSA) is 30.7 Å². The van der Waals surface area contributed by atoms with Crippen LogP contribution in [0.25, 0.3) is 11.0 Å². The van der Waals surface area contributed by atoms with Gasteiger partial charge >= 0.3 is 0 Å². The summed E-state index contributed by atoms with van der Waals surface area (Å²) < 4.78 is 2.16. The minimum absolute atomic E-state index is 0.414. The summed E-state index contributed by atoms with van der Waals surface area (Å²) in [7, 11) is 0. The van der Waals surface area contributed by atoms with Crippen LogP contribution in [0.3, 0.4) is 0 Å². The van der Waals surface area contributed by atoms with Gasteiger partial charge < -0.3 is 4.57 Å². The molecule has 0 saturated heterocycles. The van der Waals surface area contributed by atoms with Gasteiger partial charge in [0.1, 0.15) is 5.82 Å². The maximum atomic E-state index is 6.01. The zero-order valence-corrected chi connectivity index (χ0v) is 12.4. The van der Waals surface area contributed by atoms with Crippen LogP contribution in [0, 0.1) is 13.8 Å². The molecule has 0 fully saturated rings. The summed E-state index contributed by atoms with van der Waals surface area (Å²) in [5.74, 6) is 1.31. The molecule has 3 aromatic rings. The van der Waals surface area contributed by atoms with Crippen LogP contribution < -0.4 is 0 Å². The van der Waals surface area contributed by atoms with Gasteiger partial charge in [0, 0.05) is 5.38 Å². The molecule has 3 nitrogen and oxygen atoms in total. The number of aromatic nitrogens is 3. The summed E-state index contributed by atoms with van der Waals surface area (Å²) in [6.07, 6.45) is 0. The molecule has 3 rings (SSSR count). The second-order valence-electron chi connectivity index (χ2n) is 4.60. The largest absolute Gasteiger partial charge is 0.321 e. The minimum Gasteiger partial charge on any atom is -0.321 e. The molecule has 0 aliphatic rings. The number of thiazole rings is 1. The Bertz CT molecular complexity index is 729. The number of benzene rings is 1. The van der Waals surface area contributed by atoms with Crippen LogP contribution >= 0.6 is 22.9 Å². The zero-order valence-electron chi connectivity index (χ0n) is 10.9. The summed E-state index contributed by atoms with van der Waals surface area (Å²) in [4.78, 5) is 9.10. The molecule has 98 valence electrons. The van der Waals surface area contributed by atoms with Gasteiger partial charge in [-0.2, -0.15) is 0 Å². The van der Waals surface area contributed by atoms with Gasteiger partial charge in [0.25, 0.3) is 0 Å². The van der Waals surface area contributed by atoms with E-state index >= 15 is 0 Å². The number of imidazole rings is 1. The zero-order chi connectivity index (χ0) is 13.4. The lowest BCUT2D eigenvalue weighted by atomic mass is 10.2. The van der Waals surface area contributed by atoms with Crippen LogP contribution in [0.5, 0.6) is 0 Å². The Kier molecular flexibility index (Phi) is 3.29. The summed E-state index contributed by atoms with van der Waals surface area (Å²) in [6.45, 7) is 4.84. The number of nitrogens with zero attached hydrogens (tertiary/aromatic N) is 3.